The fourth-order valence-electron chi connectivity index (χ4n) is 1.17. The van der Waals surface area contributed by atoms with E-state index >= 15 is 0 Å². The van der Waals surface area contributed by atoms with Crippen molar-refractivity contribution in [3.63, 3.8) is 0 Å². The summed E-state index contributed by atoms with van der Waals surface area (Å²) in [6, 6.07) is 1.75. The van der Waals surface area contributed by atoms with Crippen LogP contribution in [0.3, 0.4) is 0 Å². The Hall–Kier alpha value is -1.05. The van der Waals surface area contributed by atoms with E-state index in [4.69, 9.17) is 5.84 Å². The van der Waals surface area contributed by atoms with Gasteiger partial charge in [0.15, 0.2) is 5.16 Å². The number of nitrogens with zero attached hydrogens (tertiary/aromatic N) is 3. The second-order valence-corrected chi connectivity index (χ2v) is 5.05. The predicted molar refractivity (Wildman–Crippen MR) is 71.2 cm³/mol. The Morgan fingerprint density at radius 1 is 1.53 bits per heavy atom. The lowest BCUT2D eigenvalue weighted by atomic mass is 10.1. The van der Waals surface area contributed by atoms with Crippen LogP contribution in [0.15, 0.2) is 11.2 Å². The van der Waals surface area contributed by atoms with Gasteiger partial charge < -0.3 is 15.4 Å². The van der Waals surface area contributed by atoms with E-state index in [1.165, 1.54) is 11.8 Å². The number of thioether (sulfide) groups is 1. The normalized spacial score (nSPS) is 11.4. The molecule has 1 rings (SSSR count). The molecule has 0 bridgehead atoms. The lowest BCUT2D eigenvalue weighted by Gasteiger charge is -2.35. The average molecular weight is 257 g/mol. The number of aromatic nitrogens is 2. The number of likely N-dealkylation sites (N-methyl/N-ethyl adjacent to an activating group) is 1. The molecule has 96 valence electrons. The van der Waals surface area contributed by atoms with Crippen molar-refractivity contribution in [2.45, 2.75) is 24.5 Å². The van der Waals surface area contributed by atoms with Crippen LogP contribution in [-0.4, -0.2) is 40.5 Å². The van der Waals surface area contributed by atoms with Crippen LogP contribution in [-0.2, 0) is 0 Å². The van der Waals surface area contributed by atoms with Gasteiger partial charge in [-0.05, 0) is 20.1 Å². The number of hydrogen-bond donors (Lipinski definition) is 3. The zero-order valence-electron chi connectivity index (χ0n) is 10.6. The van der Waals surface area contributed by atoms with Crippen molar-refractivity contribution in [3.05, 3.63) is 6.07 Å². The highest BCUT2D eigenvalue weighted by molar-refractivity contribution is 7.98. The van der Waals surface area contributed by atoms with Crippen LogP contribution in [0, 0.1) is 0 Å². The Balaban J connectivity index is 3.12. The first kappa shape index (κ1) is 14.0. The molecular formula is C10H19N5OS. The maximum Gasteiger partial charge on any atom is 0.191 e. The molecule has 0 unspecified atom stereocenters. The van der Waals surface area contributed by atoms with Crippen LogP contribution in [0.25, 0.3) is 0 Å². The zero-order chi connectivity index (χ0) is 13.1. The molecule has 1 aromatic rings. The second-order valence-electron chi connectivity index (χ2n) is 4.27. The topological polar surface area (TPSA) is 87.3 Å². The molecule has 0 aromatic carbocycles. The molecule has 0 aliphatic carbocycles. The Labute approximate surface area is 106 Å². The number of aliphatic hydroxyl groups excluding tert-OH is 1. The third-order valence-corrected chi connectivity index (χ3v) is 3.21. The summed E-state index contributed by atoms with van der Waals surface area (Å²) >= 11 is 1.44. The zero-order valence-corrected chi connectivity index (χ0v) is 11.4. The average Bonchev–Trinajstić information content (AvgIpc) is 2.36. The molecule has 17 heavy (non-hydrogen) atoms. The van der Waals surface area contributed by atoms with Crippen LogP contribution in [0.5, 0.6) is 0 Å². The van der Waals surface area contributed by atoms with Crippen molar-refractivity contribution >= 4 is 23.4 Å². The van der Waals surface area contributed by atoms with Gasteiger partial charge in [-0.15, -0.1) is 0 Å². The van der Waals surface area contributed by atoms with Gasteiger partial charge in [-0.3, -0.25) is 0 Å². The Bertz CT molecular complexity index is 363. The molecule has 0 radical (unpaired) electrons. The van der Waals surface area contributed by atoms with Crippen LogP contribution in [0.4, 0.5) is 11.6 Å². The van der Waals surface area contributed by atoms with Gasteiger partial charge in [-0.1, -0.05) is 11.8 Å². The molecule has 1 heterocycles. The summed E-state index contributed by atoms with van der Waals surface area (Å²) in [6.07, 6.45) is 1.90. The van der Waals surface area contributed by atoms with Gasteiger partial charge in [0, 0.05) is 13.1 Å². The third kappa shape index (κ3) is 3.21. The van der Waals surface area contributed by atoms with Crippen molar-refractivity contribution in [3.8, 4) is 0 Å². The number of nitrogens with two attached hydrogens (primary N) is 1. The van der Waals surface area contributed by atoms with Crippen LogP contribution in [0.1, 0.15) is 13.8 Å². The SMILES string of the molecule is CSc1nc(NN)cc(N(C)C(C)(C)CO)n1. The number of anilines is 2. The first-order valence-corrected chi connectivity index (χ1v) is 6.41. The molecule has 4 N–H and O–H groups in total. The van der Waals surface area contributed by atoms with Gasteiger partial charge in [0.2, 0.25) is 0 Å². The van der Waals surface area contributed by atoms with E-state index in [0.717, 1.165) is 5.82 Å². The van der Waals surface area contributed by atoms with Gasteiger partial charge in [0.25, 0.3) is 0 Å². The minimum Gasteiger partial charge on any atom is -0.394 e. The first-order valence-electron chi connectivity index (χ1n) is 5.19. The minimum absolute atomic E-state index is 0.0352. The first-order chi connectivity index (χ1) is 7.94. The number of hydrogen-bond acceptors (Lipinski definition) is 7. The molecule has 0 saturated heterocycles. The lowest BCUT2D eigenvalue weighted by molar-refractivity contribution is 0.215. The molecule has 0 spiro atoms. The maximum absolute atomic E-state index is 9.35. The van der Waals surface area contributed by atoms with E-state index < -0.39 is 5.54 Å². The van der Waals surface area contributed by atoms with E-state index in [1.807, 2.05) is 32.1 Å². The molecule has 0 aliphatic heterocycles. The fourth-order valence-corrected chi connectivity index (χ4v) is 1.54. The standard InChI is InChI=1S/C10H19N5OS/c1-10(2,6-16)15(3)8-5-7(14-11)12-9(13-8)17-4/h5,16H,6,11H2,1-4H3,(H,12,13,14). The number of rotatable bonds is 5. The predicted octanol–water partition coefficient (Wildman–Crippen LogP) is 0.691. The van der Waals surface area contributed by atoms with Crippen molar-refractivity contribution < 1.29 is 5.11 Å². The van der Waals surface area contributed by atoms with E-state index in [1.54, 1.807) is 6.07 Å². The number of aliphatic hydroxyl groups is 1. The van der Waals surface area contributed by atoms with E-state index in [-0.39, 0.29) is 6.61 Å². The molecule has 0 saturated carbocycles. The number of nitrogens with one attached hydrogen (secondary N) is 1. The van der Waals surface area contributed by atoms with Crippen molar-refractivity contribution in [1.29, 1.82) is 0 Å². The van der Waals surface area contributed by atoms with E-state index in [2.05, 4.69) is 15.4 Å². The highest BCUT2D eigenvalue weighted by Crippen LogP contribution is 2.24. The van der Waals surface area contributed by atoms with Crippen LogP contribution >= 0.6 is 11.8 Å². The summed E-state index contributed by atoms with van der Waals surface area (Å²) in [5, 5.41) is 9.98. The van der Waals surface area contributed by atoms with Crippen LogP contribution < -0.4 is 16.2 Å². The molecule has 0 aliphatic rings. The highest BCUT2D eigenvalue weighted by atomic mass is 32.2. The van der Waals surface area contributed by atoms with E-state index in [9.17, 15) is 5.11 Å². The quantitative estimate of drug-likeness (QED) is 0.309. The summed E-state index contributed by atoms with van der Waals surface area (Å²) in [5.74, 6) is 6.64. The molecule has 7 heteroatoms. The second kappa shape index (κ2) is 5.52. The summed E-state index contributed by atoms with van der Waals surface area (Å²) in [6.45, 7) is 3.90. The molecular weight excluding hydrogens is 238 g/mol. The minimum atomic E-state index is -0.393. The molecule has 0 atom stereocenters. The Morgan fingerprint density at radius 2 is 2.18 bits per heavy atom. The van der Waals surface area contributed by atoms with Crippen LogP contribution in [0.2, 0.25) is 0 Å². The van der Waals surface area contributed by atoms with Gasteiger partial charge >= 0.3 is 0 Å². The number of hydrazine groups is 1. The molecule has 0 amide bonds. The van der Waals surface area contributed by atoms with Crippen molar-refractivity contribution in [2.75, 3.05) is 30.2 Å². The lowest BCUT2D eigenvalue weighted by Crippen LogP contribution is -2.45. The van der Waals surface area contributed by atoms with Gasteiger partial charge in [-0.25, -0.2) is 15.8 Å². The van der Waals surface area contributed by atoms with Crippen molar-refractivity contribution in [1.82, 2.24) is 9.97 Å². The summed E-state index contributed by atoms with van der Waals surface area (Å²) in [7, 11) is 1.88. The molecule has 1 aromatic heterocycles. The summed E-state index contributed by atoms with van der Waals surface area (Å²) in [5.41, 5.74) is 2.12. The molecule has 0 fully saturated rings. The fraction of sp³-hybridized carbons (Fsp3) is 0.600. The number of nitrogen functional groups attached to an aromatic ring is 1. The Kier molecular flexibility index (Phi) is 4.55. The monoisotopic (exact) mass is 257 g/mol. The van der Waals surface area contributed by atoms with Gasteiger partial charge in [0.1, 0.15) is 11.6 Å². The summed E-state index contributed by atoms with van der Waals surface area (Å²) < 4.78 is 0. The summed E-state index contributed by atoms with van der Waals surface area (Å²) in [4.78, 5) is 10.5. The van der Waals surface area contributed by atoms with Crippen molar-refractivity contribution in [2.24, 2.45) is 5.84 Å². The Morgan fingerprint density at radius 3 is 2.65 bits per heavy atom. The van der Waals surface area contributed by atoms with Gasteiger partial charge in [-0.2, -0.15) is 0 Å². The largest absolute Gasteiger partial charge is 0.394 e. The third-order valence-electron chi connectivity index (χ3n) is 2.66. The maximum atomic E-state index is 9.35. The van der Waals surface area contributed by atoms with E-state index in [0.29, 0.717) is 11.0 Å². The molecule has 6 nitrogen and oxygen atoms in total. The highest BCUT2D eigenvalue weighted by Gasteiger charge is 2.24. The van der Waals surface area contributed by atoms with Gasteiger partial charge in [0.05, 0.1) is 12.1 Å². The smallest absolute Gasteiger partial charge is 0.191 e.